The van der Waals surface area contributed by atoms with Gasteiger partial charge >= 0.3 is 0 Å². The van der Waals surface area contributed by atoms with Crippen molar-refractivity contribution in [2.75, 3.05) is 5.32 Å². The van der Waals surface area contributed by atoms with Crippen molar-refractivity contribution in [2.45, 2.75) is 13.5 Å². The monoisotopic (exact) mass is 289 g/mol. The molecule has 0 atom stereocenters. The van der Waals surface area contributed by atoms with Gasteiger partial charge in [0, 0.05) is 12.1 Å². The van der Waals surface area contributed by atoms with Crippen molar-refractivity contribution < 1.29 is 4.42 Å². The van der Waals surface area contributed by atoms with Gasteiger partial charge < -0.3 is 9.73 Å². The summed E-state index contributed by atoms with van der Waals surface area (Å²) in [4.78, 5) is 4.25. The molecule has 2 aromatic carbocycles. The van der Waals surface area contributed by atoms with Gasteiger partial charge in [-0.15, -0.1) is 0 Å². The van der Waals surface area contributed by atoms with Crippen LogP contribution >= 0.6 is 0 Å². The van der Waals surface area contributed by atoms with Gasteiger partial charge in [-0.25, -0.2) is 0 Å². The Hall–Kier alpha value is -3.06. The van der Waals surface area contributed by atoms with E-state index in [-0.39, 0.29) is 5.69 Å². The number of hydrogen-bond donors (Lipinski definition) is 1. The average molecular weight is 289 g/mol. The van der Waals surface area contributed by atoms with Crippen LogP contribution in [0.15, 0.2) is 59.0 Å². The minimum atomic E-state index is 0.270. The van der Waals surface area contributed by atoms with E-state index in [9.17, 15) is 5.26 Å². The Morgan fingerprint density at radius 2 is 1.82 bits per heavy atom. The summed E-state index contributed by atoms with van der Waals surface area (Å²) in [5.74, 6) is 0.856. The molecule has 0 bridgehead atoms. The predicted molar refractivity (Wildman–Crippen MR) is 85.2 cm³/mol. The Morgan fingerprint density at radius 3 is 2.50 bits per heavy atom. The molecule has 0 radical (unpaired) electrons. The van der Waals surface area contributed by atoms with E-state index in [2.05, 4.69) is 16.4 Å². The smallest absolute Gasteiger partial charge is 0.232 e. The molecule has 0 aliphatic rings. The fourth-order valence-electron chi connectivity index (χ4n) is 2.11. The Bertz CT molecular complexity index is 799. The first-order chi connectivity index (χ1) is 10.8. The largest absolute Gasteiger partial charge is 0.419 e. The molecule has 0 unspecified atom stereocenters. The maximum Gasteiger partial charge on any atom is 0.232 e. The molecule has 0 amide bonds. The summed E-state index contributed by atoms with van der Waals surface area (Å²) < 4.78 is 5.71. The molecule has 4 nitrogen and oxygen atoms in total. The lowest BCUT2D eigenvalue weighted by atomic mass is 10.1. The van der Waals surface area contributed by atoms with Gasteiger partial charge in [0.05, 0.1) is 0 Å². The number of hydrogen-bond acceptors (Lipinski definition) is 4. The summed E-state index contributed by atoms with van der Waals surface area (Å²) in [7, 11) is 0. The number of aryl methyl sites for hydroxylation is 1. The lowest BCUT2D eigenvalue weighted by Crippen LogP contribution is -1.99. The number of nitrogens with zero attached hydrogens (tertiary/aromatic N) is 2. The fraction of sp³-hybridized carbons (Fsp3) is 0.111. The van der Waals surface area contributed by atoms with Crippen LogP contribution in [0.1, 0.15) is 16.8 Å². The Balaban J connectivity index is 1.83. The van der Waals surface area contributed by atoms with Crippen LogP contribution < -0.4 is 5.32 Å². The topological polar surface area (TPSA) is 61.9 Å². The minimum absolute atomic E-state index is 0.270. The minimum Gasteiger partial charge on any atom is -0.419 e. The molecule has 1 aromatic heterocycles. The molecule has 0 aliphatic heterocycles. The predicted octanol–water partition coefficient (Wildman–Crippen LogP) is 4.13. The van der Waals surface area contributed by atoms with Gasteiger partial charge in [-0.1, -0.05) is 48.0 Å². The molecule has 3 aromatic rings. The molecule has 0 spiro atoms. The molecular formula is C18H15N3O. The molecule has 1 heterocycles. The van der Waals surface area contributed by atoms with Crippen LogP contribution in [0.2, 0.25) is 0 Å². The molecule has 22 heavy (non-hydrogen) atoms. The van der Waals surface area contributed by atoms with Gasteiger partial charge in [-0.2, -0.15) is 10.2 Å². The molecule has 0 fully saturated rings. The Labute approximate surface area is 129 Å². The lowest BCUT2D eigenvalue weighted by Gasteiger charge is -2.02. The van der Waals surface area contributed by atoms with Gasteiger partial charge in [0.15, 0.2) is 0 Å². The highest BCUT2D eigenvalue weighted by atomic mass is 16.4. The van der Waals surface area contributed by atoms with Crippen LogP contribution in [0.5, 0.6) is 0 Å². The van der Waals surface area contributed by atoms with E-state index in [1.54, 1.807) is 0 Å². The number of aromatic nitrogens is 1. The number of rotatable bonds is 4. The fourth-order valence-corrected chi connectivity index (χ4v) is 2.11. The van der Waals surface area contributed by atoms with Crippen LogP contribution in [0.3, 0.4) is 0 Å². The van der Waals surface area contributed by atoms with Crippen molar-refractivity contribution in [2.24, 2.45) is 0 Å². The number of oxazole rings is 1. The lowest BCUT2D eigenvalue weighted by molar-refractivity contribution is 0.585. The van der Waals surface area contributed by atoms with Gasteiger partial charge in [0.1, 0.15) is 6.07 Å². The third-order valence-electron chi connectivity index (χ3n) is 3.33. The third-order valence-corrected chi connectivity index (χ3v) is 3.33. The second-order valence-electron chi connectivity index (χ2n) is 5.01. The van der Waals surface area contributed by atoms with E-state index in [1.165, 1.54) is 5.56 Å². The van der Waals surface area contributed by atoms with Crippen LogP contribution in [0, 0.1) is 18.3 Å². The first kappa shape index (κ1) is 13.9. The maximum absolute atomic E-state index is 9.21. The highest BCUT2D eigenvalue weighted by molar-refractivity contribution is 5.59. The van der Waals surface area contributed by atoms with Crippen molar-refractivity contribution in [3.63, 3.8) is 0 Å². The molecule has 1 N–H and O–H groups in total. The number of nitriles is 1. The zero-order chi connectivity index (χ0) is 15.4. The Morgan fingerprint density at radius 1 is 1.09 bits per heavy atom. The van der Waals surface area contributed by atoms with Gasteiger partial charge in [-0.3, -0.25) is 0 Å². The highest BCUT2D eigenvalue weighted by Gasteiger charge is 2.14. The van der Waals surface area contributed by atoms with Crippen molar-refractivity contribution in [3.8, 4) is 17.5 Å². The first-order valence-corrected chi connectivity index (χ1v) is 7.02. The number of nitrogens with one attached hydrogen (secondary N) is 1. The van der Waals surface area contributed by atoms with Crippen LogP contribution in [0.25, 0.3) is 11.5 Å². The van der Waals surface area contributed by atoms with Crippen molar-refractivity contribution in [1.82, 2.24) is 4.98 Å². The van der Waals surface area contributed by atoms with Crippen LogP contribution in [0.4, 0.5) is 5.88 Å². The Kier molecular flexibility index (Phi) is 3.88. The van der Waals surface area contributed by atoms with E-state index in [0.29, 0.717) is 18.3 Å². The zero-order valence-electron chi connectivity index (χ0n) is 12.2. The normalized spacial score (nSPS) is 10.2. The first-order valence-electron chi connectivity index (χ1n) is 7.02. The summed E-state index contributed by atoms with van der Waals surface area (Å²) in [6, 6.07) is 19.8. The number of anilines is 1. The van der Waals surface area contributed by atoms with Crippen LogP contribution in [-0.4, -0.2) is 4.98 Å². The van der Waals surface area contributed by atoms with Crippen molar-refractivity contribution in [3.05, 3.63) is 71.4 Å². The van der Waals surface area contributed by atoms with Gasteiger partial charge in [0.2, 0.25) is 17.5 Å². The molecule has 4 heteroatoms. The molecule has 108 valence electrons. The highest BCUT2D eigenvalue weighted by Crippen LogP contribution is 2.25. The van der Waals surface area contributed by atoms with Crippen molar-refractivity contribution >= 4 is 5.88 Å². The summed E-state index contributed by atoms with van der Waals surface area (Å²) in [6.45, 7) is 2.60. The van der Waals surface area contributed by atoms with E-state index >= 15 is 0 Å². The number of benzene rings is 2. The summed E-state index contributed by atoms with van der Waals surface area (Å²) in [5, 5.41) is 12.3. The quantitative estimate of drug-likeness (QED) is 0.784. The SMILES string of the molecule is Cc1ccc(-c2nc(C#N)c(NCc3ccccc3)o2)cc1. The van der Waals surface area contributed by atoms with E-state index in [0.717, 1.165) is 11.1 Å². The molecular weight excluding hydrogens is 274 g/mol. The zero-order valence-corrected chi connectivity index (χ0v) is 12.2. The van der Waals surface area contributed by atoms with Crippen molar-refractivity contribution in [1.29, 1.82) is 5.26 Å². The van der Waals surface area contributed by atoms with E-state index < -0.39 is 0 Å². The molecule has 0 saturated heterocycles. The van der Waals surface area contributed by atoms with Gasteiger partial charge in [-0.05, 0) is 24.6 Å². The van der Waals surface area contributed by atoms with Gasteiger partial charge in [0.25, 0.3) is 0 Å². The van der Waals surface area contributed by atoms with E-state index in [1.807, 2.05) is 61.5 Å². The molecule has 3 rings (SSSR count). The summed E-state index contributed by atoms with van der Waals surface area (Å²) in [6.07, 6.45) is 0. The standard InChI is InChI=1S/C18H15N3O/c1-13-7-9-15(10-8-13)17-21-16(11-19)18(22-17)20-12-14-5-3-2-4-6-14/h2-10,20H,12H2,1H3. The second kappa shape index (κ2) is 6.15. The summed E-state index contributed by atoms with van der Waals surface area (Å²) >= 11 is 0. The third kappa shape index (κ3) is 2.99. The molecule has 0 aliphatic carbocycles. The average Bonchev–Trinajstić information content (AvgIpc) is 2.98. The van der Waals surface area contributed by atoms with E-state index in [4.69, 9.17) is 4.42 Å². The summed E-state index contributed by atoms with van der Waals surface area (Å²) in [5.41, 5.74) is 3.40. The maximum atomic E-state index is 9.21. The molecule has 0 saturated carbocycles. The van der Waals surface area contributed by atoms with Crippen LogP contribution in [-0.2, 0) is 6.54 Å². The second-order valence-corrected chi connectivity index (χ2v) is 5.01.